The summed E-state index contributed by atoms with van der Waals surface area (Å²) in [5.74, 6) is 1.81. The number of hydrogen-bond donors (Lipinski definition) is 0. The highest BCUT2D eigenvalue weighted by Gasteiger charge is 2.28. The Morgan fingerprint density at radius 2 is 2.22 bits per heavy atom. The van der Waals surface area contributed by atoms with Gasteiger partial charge in [-0.1, -0.05) is 11.8 Å². The van der Waals surface area contributed by atoms with Crippen LogP contribution in [-0.4, -0.2) is 36.0 Å². The van der Waals surface area contributed by atoms with E-state index in [1.165, 1.54) is 18.5 Å². The Kier molecular flexibility index (Phi) is 3.41. The molecule has 1 saturated carbocycles. The van der Waals surface area contributed by atoms with Crippen LogP contribution in [0.4, 0.5) is 10.2 Å². The molecule has 2 heterocycles. The Hall–Kier alpha value is -0.840. The van der Waals surface area contributed by atoms with Gasteiger partial charge in [0.05, 0.1) is 12.4 Å². The fraction of sp³-hybridized carbons (Fsp3) is 0.692. The molecular formula is C13H18FN3S. The lowest BCUT2D eigenvalue weighted by atomic mass is 10.1. The topological polar surface area (TPSA) is 29.0 Å². The van der Waals surface area contributed by atoms with Gasteiger partial charge in [-0.15, -0.1) is 0 Å². The van der Waals surface area contributed by atoms with Gasteiger partial charge < -0.3 is 4.90 Å². The Bertz CT molecular complexity index is 436. The summed E-state index contributed by atoms with van der Waals surface area (Å²) >= 11 is 1.58. The largest absolute Gasteiger partial charge is 0.356 e. The molecule has 0 amide bonds. The Labute approximate surface area is 111 Å². The molecule has 18 heavy (non-hydrogen) atoms. The van der Waals surface area contributed by atoms with Crippen molar-refractivity contribution in [3.8, 4) is 0 Å². The number of nitrogens with zero attached hydrogens (tertiary/aromatic N) is 3. The van der Waals surface area contributed by atoms with Gasteiger partial charge in [-0.2, -0.15) is 0 Å². The lowest BCUT2D eigenvalue weighted by Gasteiger charge is -2.18. The van der Waals surface area contributed by atoms with Crippen LogP contribution in [0.2, 0.25) is 0 Å². The third-order valence-electron chi connectivity index (χ3n) is 3.72. The van der Waals surface area contributed by atoms with Crippen LogP contribution in [-0.2, 0) is 0 Å². The van der Waals surface area contributed by atoms with Crippen molar-refractivity contribution in [3.63, 3.8) is 0 Å². The van der Waals surface area contributed by atoms with E-state index in [1.54, 1.807) is 11.8 Å². The van der Waals surface area contributed by atoms with Gasteiger partial charge in [-0.05, 0) is 25.5 Å². The monoisotopic (exact) mass is 267 g/mol. The number of halogens is 1. The summed E-state index contributed by atoms with van der Waals surface area (Å²) in [6.07, 6.45) is 5.44. The Morgan fingerprint density at radius 3 is 2.83 bits per heavy atom. The first kappa shape index (κ1) is 12.2. The minimum atomic E-state index is -0.216. The Morgan fingerprint density at radius 1 is 1.39 bits per heavy atom. The average Bonchev–Trinajstić information content (AvgIpc) is 3.16. The smallest absolute Gasteiger partial charge is 0.189 e. The highest BCUT2D eigenvalue weighted by molar-refractivity contribution is 7.98. The average molecular weight is 267 g/mol. The van der Waals surface area contributed by atoms with Crippen LogP contribution in [0.1, 0.15) is 30.9 Å². The first-order valence-corrected chi connectivity index (χ1v) is 7.76. The van der Waals surface area contributed by atoms with Gasteiger partial charge in [-0.25, -0.2) is 9.97 Å². The SMILES string of the molecule is CSc1nc(C2CC2)cc(N2CCC(CF)C2)n1. The summed E-state index contributed by atoms with van der Waals surface area (Å²) in [7, 11) is 0. The number of thioether (sulfide) groups is 1. The van der Waals surface area contributed by atoms with E-state index in [0.29, 0.717) is 5.92 Å². The second kappa shape index (κ2) is 5.03. The molecule has 5 heteroatoms. The number of rotatable bonds is 4. The molecule has 0 radical (unpaired) electrons. The van der Waals surface area contributed by atoms with Crippen LogP contribution in [0.15, 0.2) is 11.2 Å². The number of anilines is 1. The van der Waals surface area contributed by atoms with E-state index in [9.17, 15) is 4.39 Å². The van der Waals surface area contributed by atoms with E-state index in [-0.39, 0.29) is 12.6 Å². The van der Waals surface area contributed by atoms with Crippen molar-refractivity contribution in [2.75, 3.05) is 30.9 Å². The third-order valence-corrected chi connectivity index (χ3v) is 4.27. The molecule has 0 N–H and O–H groups in total. The third kappa shape index (κ3) is 2.46. The van der Waals surface area contributed by atoms with Crippen molar-refractivity contribution in [2.45, 2.75) is 30.3 Å². The van der Waals surface area contributed by atoms with E-state index < -0.39 is 0 Å². The maximum atomic E-state index is 12.7. The summed E-state index contributed by atoms with van der Waals surface area (Å²) in [4.78, 5) is 11.3. The standard InChI is InChI=1S/C13H18FN3S/c1-18-13-15-11(10-2-3-10)6-12(16-13)17-5-4-9(7-14)8-17/h6,9-10H,2-5,7-8H2,1H3. The summed E-state index contributed by atoms with van der Waals surface area (Å²) in [6, 6.07) is 2.11. The molecule has 1 atom stereocenters. The summed E-state index contributed by atoms with van der Waals surface area (Å²) < 4.78 is 12.7. The fourth-order valence-electron chi connectivity index (χ4n) is 2.44. The molecule has 0 bridgehead atoms. The minimum absolute atomic E-state index is 0.182. The molecule has 0 spiro atoms. The molecule has 2 aliphatic rings. The zero-order valence-electron chi connectivity index (χ0n) is 10.6. The number of alkyl halides is 1. The summed E-state index contributed by atoms with van der Waals surface area (Å²) in [5.41, 5.74) is 1.17. The van der Waals surface area contributed by atoms with E-state index >= 15 is 0 Å². The molecule has 1 unspecified atom stereocenters. The van der Waals surface area contributed by atoms with Gasteiger partial charge in [0.2, 0.25) is 0 Å². The molecule has 1 aromatic heterocycles. The predicted octanol–water partition coefficient (Wildman–Crippen LogP) is 2.87. The van der Waals surface area contributed by atoms with E-state index in [0.717, 1.165) is 30.5 Å². The molecule has 0 aromatic carbocycles. The second-order valence-electron chi connectivity index (χ2n) is 5.17. The zero-order valence-corrected chi connectivity index (χ0v) is 11.4. The van der Waals surface area contributed by atoms with Crippen molar-refractivity contribution >= 4 is 17.6 Å². The van der Waals surface area contributed by atoms with Gasteiger partial charge in [0.15, 0.2) is 5.16 Å². The second-order valence-corrected chi connectivity index (χ2v) is 5.94. The molecule has 98 valence electrons. The van der Waals surface area contributed by atoms with E-state index in [1.807, 2.05) is 6.26 Å². The first-order chi connectivity index (χ1) is 8.80. The minimum Gasteiger partial charge on any atom is -0.356 e. The van der Waals surface area contributed by atoms with Gasteiger partial charge in [0.25, 0.3) is 0 Å². The Balaban J connectivity index is 1.84. The van der Waals surface area contributed by atoms with Crippen LogP contribution in [0.5, 0.6) is 0 Å². The molecular weight excluding hydrogens is 249 g/mol. The maximum absolute atomic E-state index is 12.7. The maximum Gasteiger partial charge on any atom is 0.189 e. The lowest BCUT2D eigenvalue weighted by Crippen LogP contribution is -2.22. The quantitative estimate of drug-likeness (QED) is 0.619. The van der Waals surface area contributed by atoms with Gasteiger partial charge in [0.1, 0.15) is 5.82 Å². The predicted molar refractivity (Wildman–Crippen MR) is 72.1 cm³/mol. The molecule has 3 rings (SSSR count). The molecule has 1 aromatic rings. The molecule has 3 nitrogen and oxygen atoms in total. The van der Waals surface area contributed by atoms with Gasteiger partial charge in [0, 0.05) is 31.0 Å². The molecule has 2 fully saturated rings. The highest BCUT2D eigenvalue weighted by atomic mass is 32.2. The van der Waals surface area contributed by atoms with Crippen LogP contribution in [0, 0.1) is 5.92 Å². The summed E-state index contributed by atoms with van der Waals surface area (Å²) in [5, 5.41) is 0.845. The zero-order chi connectivity index (χ0) is 12.5. The fourth-order valence-corrected chi connectivity index (χ4v) is 2.82. The van der Waals surface area contributed by atoms with Crippen molar-refractivity contribution in [3.05, 3.63) is 11.8 Å². The van der Waals surface area contributed by atoms with Crippen LogP contribution >= 0.6 is 11.8 Å². The number of aromatic nitrogens is 2. The van der Waals surface area contributed by atoms with E-state index in [2.05, 4.69) is 20.9 Å². The molecule has 1 aliphatic carbocycles. The van der Waals surface area contributed by atoms with E-state index in [4.69, 9.17) is 0 Å². The first-order valence-electron chi connectivity index (χ1n) is 6.54. The van der Waals surface area contributed by atoms with Gasteiger partial charge >= 0.3 is 0 Å². The summed E-state index contributed by atoms with van der Waals surface area (Å²) in [6.45, 7) is 1.50. The van der Waals surface area contributed by atoms with Crippen molar-refractivity contribution in [2.24, 2.45) is 5.92 Å². The molecule has 1 aliphatic heterocycles. The lowest BCUT2D eigenvalue weighted by molar-refractivity contribution is 0.384. The molecule has 1 saturated heterocycles. The van der Waals surface area contributed by atoms with Crippen molar-refractivity contribution in [1.82, 2.24) is 9.97 Å². The van der Waals surface area contributed by atoms with Crippen LogP contribution in [0.3, 0.4) is 0 Å². The number of hydrogen-bond acceptors (Lipinski definition) is 4. The van der Waals surface area contributed by atoms with Crippen LogP contribution in [0.25, 0.3) is 0 Å². The van der Waals surface area contributed by atoms with Crippen molar-refractivity contribution < 1.29 is 4.39 Å². The van der Waals surface area contributed by atoms with Crippen LogP contribution < -0.4 is 4.90 Å². The van der Waals surface area contributed by atoms with Gasteiger partial charge in [-0.3, -0.25) is 4.39 Å². The normalized spacial score (nSPS) is 23.7. The van der Waals surface area contributed by atoms with Crippen molar-refractivity contribution in [1.29, 1.82) is 0 Å². The highest BCUT2D eigenvalue weighted by Crippen LogP contribution is 2.40.